The quantitative estimate of drug-likeness (QED) is 0.725. The number of nitrogens with two attached hydrogens (primary N) is 1. The third-order valence-electron chi connectivity index (χ3n) is 4.86. The minimum Gasteiger partial charge on any atom is -0.420 e. The number of hydrogen-bond donors (Lipinski definition) is 2. The molecule has 1 aliphatic heterocycles. The Morgan fingerprint density at radius 1 is 1.18 bits per heavy atom. The number of fused-ring (bicyclic) bond motifs is 1. The van der Waals surface area contributed by atoms with E-state index in [-0.39, 0.29) is 11.8 Å². The van der Waals surface area contributed by atoms with Crippen molar-refractivity contribution in [1.82, 2.24) is 15.2 Å². The molecule has 1 aromatic carbocycles. The molecule has 6 nitrogen and oxygen atoms in total. The van der Waals surface area contributed by atoms with Crippen LogP contribution in [0.25, 0.3) is 11.3 Å². The lowest BCUT2D eigenvalue weighted by Crippen LogP contribution is -2.21. The lowest BCUT2D eigenvalue weighted by atomic mass is 9.83. The fourth-order valence-electron chi connectivity index (χ4n) is 3.63. The largest absolute Gasteiger partial charge is 0.420 e. The molecule has 1 atom stereocenters. The summed E-state index contributed by atoms with van der Waals surface area (Å²) in [6, 6.07) is 14.4. The number of pyridine rings is 1. The van der Waals surface area contributed by atoms with Crippen molar-refractivity contribution >= 4 is 0 Å². The van der Waals surface area contributed by atoms with Crippen LogP contribution in [-0.2, 0) is 6.42 Å². The summed E-state index contributed by atoms with van der Waals surface area (Å²) < 4.78 is 5.64. The Hall–Kier alpha value is -3.59. The molecule has 3 heterocycles. The molecule has 0 aliphatic carbocycles. The van der Waals surface area contributed by atoms with Crippen LogP contribution >= 0.6 is 0 Å². The molecule has 0 fully saturated rings. The van der Waals surface area contributed by atoms with Crippen molar-refractivity contribution in [2.24, 2.45) is 11.7 Å². The first kappa shape index (κ1) is 17.8. The van der Waals surface area contributed by atoms with Gasteiger partial charge >= 0.3 is 0 Å². The predicted octanol–water partition coefficient (Wildman–Crippen LogP) is 3.89. The smallest absolute Gasteiger partial charge is 0.244 e. The highest BCUT2D eigenvalue weighted by atomic mass is 16.5. The Morgan fingerprint density at radius 3 is 2.54 bits per heavy atom. The van der Waals surface area contributed by atoms with Gasteiger partial charge in [-0.2, -0.15) is 5.26 Å². The average molecular weight is 371 g/mol. The predicted molar refractivity (Wildman–Crippen MR) is 106 cm³/mol. The van der Waals surface area contributed by atoms with Crippen LogP contribution in [-0.4, -0.2) is 15.2 Å². The first-order chi connectivity index (χ1) is 13.6. The highest BCUT2D eigenvalue weighted by Gasteiger charge is 2.35. The average Bonchev–Trinajstić information content (AvgIpc) is 3.11. The molecule has 28 heavy (non-hydrogen) atoms. The highest BCUT2D eigenvalue weighted by Crippen LogP contribution is 2.45. The SMILES string of the molecule is CC(C)Cc1ccc(-c2[nH]nc3c2C(c2ccncc2)C(C#N)=C(N)O3)cc1. The first-order valence-electron chi connectivity index (χ1n) is 9.23. The van der Waals surface area contributed by atoms with Gasteiger partial charge in [0, 0.05) is 18.0 Å². The van der Waals surface area contributed by atoms with Crippen molar-refractivity contribution < 1.29 is 4.74 Å². The van der Waals surface area contributed by atoms with Gasteiger partial charge in [0.1, 0.15) is 11.6 Å². The molecule has 2 aromatic heterocycles. The van der Waals surface area contributed by atoms with E-state index in [9.17, 15) is 5.26 Å². The molecule has 0 spiro atoms. The molecule has 0 saturated heterocycles. The number of aromatic nitrogens is 3. The van der Waals surface area contributed by atoms with Gasteiger partial charge < -0.3 is 10.5 Å². The molecule has 1 aliphatic rings. The van der Waals surface area contributed by atoms with E-state index in [1.54, 1.807) is 12.4 Å². The highest BCUT2D eigenvalue weighted by molar-refractivity contribution is 5.71. The molecular formula is C22H21N5O. The van der Waals surface area contributed by atoms with Crippen LogP contribution in [0.1, 0.15) is 36.5 Å². The van der Waals surface area contributed by atoms with Crippen molar-refractivity contribution in [2.75, 3.05) is 0 Å². The molecule has 140 valence electrons. The third kappa shape index (κ3) is 3.12. The van der Waals surface area contributed by atoms with Gasteiger partial charge in [0.25, 0.3) is 0 Å². The van der Waals surface area contributed by atoms with Gasteiger partial charge in [-0.1, -0.05) is 38.1 Å². The number of allylic oxidation sites excluding steroid dienone is 1. The van der Waals surface area contributed by atoms with Crippen molar-refractivity contribution in [3.8, 4) is 23.2 Å². The number of hydrogen-bond acceptors (Lipinski definition) is 5. The van der Waals surface area contributed by atoms with Gasteiger partial charge in [-0.25, -0.2) is 0 Å². The normalized spacial score (nSPS) is 15.9. The molecule has 3 N–H and O–H groups in total. The standard InChI is InChI=1S/C22H21N5O/c1-13(2)11-14-3-5-16(6-4-14)20-19-18(15-7-9-25-10-8-15)17(12-23)21(24)28-22(19)27-26-20/h3-10,13,18H,11,24H2,1-2H3,(H,26,27). The molecule has 4 rings (SSSR count). The van der Waals surface area contributed by atoms with Gasteiger partial charge in [-0.3, -0.25) is 10.1 Å². The summed E-state index contributed by atoms with van der Waals surface area (Å²) in [7, 11) is 0. The van der Waals surface area contributed by atoms with Crippen LogP contribution in [0.3, 0.4) is 0 Å². The van der Waals surface area contributed by atoms with E-state index >= 15 is 0 Å². The number of ether oxygens (including phenoxy) is 1. The summed E-state index contributed by atoms with van der Waals surface area (Å²) in [5.74, 6) is 0.726. The molecular weight excluding hydrogens is 350 g/mol. The van der Waals surface area contributed by atoms with Crippen molar-refractivity contribution in [2.45, 2.75) is 26.2 Å². The maximum atomic E-state index is 9.72. The number of rotatable bonds is 4. The van der Waals surface area contributed by atoms with Crippen LogP contribution in [0.4, 0.5) is 0 Å². The van der Waals surface area contributed by atoms with E-state index in [1.165, 1.54) is 5.56 Å². The summed E-state index contributed by atoms with van der Waals surface area (Å²) in [5, 5.41) is 17.1. The van der Waals surface area contributed by atoms with Crippen molar-refractivity contribution in [3.05, 3.63) is 76.9 Å². The summed E-state index contributed by atoms with van der Waals surface area (Å²) in [5.41, 5.74) is 11.2. The first-order valence-corrected chi connectivity index (χ1v) is 9.23. The lowest BCUT2D eigenvalue weighted by molar-refractivity contribution is 0.379. The third-order valence-corrected chi connectivity index (χ3v) is 4.86. The van der Waals surface area contributed by atoms with Gasteiger partial charge in [0.05, 0.1) is 17.2 Å². The molecule has 0 amide bonds. The number of nitrogens with zero attached hydrogens (tertiary/aromatic N) is 3. The van der Waals surface area contributed by atoms with Crippen LogP contribution in [0.5, 0.6) is 5.88 Å². The van der Waals surface area contributed by atoms with E-state index in [0.29, 0.717) is 17.4 Å². The number of benzene rings is 1. The Morgan fingerprint density at radius 2 is 1.89 bits per heavy atom. The minimum absolute atomic E-state index is 0.0853. The van der Waals surface area contributed by atoms with E-state index in [0.717, 1.165) is 28.8 Å². The fourth-order valence-corrected chi connectivity index (χ4v) is 3.63. The van der Waals surface area contributed by atoms with Gasteiger partial charge in [-0.15, -0.1) is 5.10 Å². The second-order valence-corrected chi connectivity index (χ2v) is 7.32. The van der Waals surface area contributed by atoms with E-state index in [4.69, 9.17) is 10.5 Å². The van der Waals surface area contributed by atoms with Gasteiger partial charge in [0.15, 0.2) is 0 Å². The topological polar surface area (TPSA) is 101 Å². The second-order valence-electron chi connectivity index (χ2n) is 7.32. The Labute approximate surface area is 163 Å². The summed E-state index contributed by atoms with van der Waals surface area (Å²) >= 11 is 0. The van der Waals surface area contributed by atoms with Gasteiger partial charge in [-0.05, 0) is 35.6 Å². The van der Waals surface area contributed by atoms with Crippen LogP contribution < -0.4 is 10.5 Å². The number of nitriles is 1. The summed E-state index contributed by atoms with van der Waals surface area (Å²) in [6.07, 6.45) is 4.44. The van der Waals surface area contributed by atoms with Crippen molar-refractivity contribution in [3.63, 3.8) is 0 Å². The molecule has 0 saturated carbocycles. The summed E-state index contributed by atoms with van der Waals surface area (Å²) in [6.45, 7) is 4.41. The zero-order chi connectivity index (χ0) is 19.7. The minimum atomic E-state index is -0.360. The molecule has 0 bridgehead atoms. The van der Waals surface area contributed by atoms with Gasteiger partial charge in [0.2, 0.25) is 11.8 Å². The van der Waals surface area contributed by atoms with Crippen molar-refractivity contribution in [1.29, 1.82) is 5.26 Å². The maximum absolute atomic E-state index is 9.72. The van der Waals surface area contributed by atoms with E-state index < -0.39 is 0 Å². The number of nitrogens with one attached hydrogen (secondary N) is 1. The zero-order valence-electron chi connectivity index (χ0n) is 15.8. The fraction of sp³-hybridized carbons (Fsp3) is 0.227. The second kappa shape index (κ2) is 7.20. The monoisotopic (exact) mass is 371 g/mol. The molecule has 1 unspecified atom stereocenters. The Balaban J connectivity index is 1.82. The maximum Gasteiger partial charge on any atom is 0.244 e. The lowest BCUT2D eigenvalue weighted by Gasteiger charge is -2.24. The van der Waals surface area contributed by atoms with Crippen LogP contribution in [0.15, 0.2) is 60.2 Å². The number of H-pyrrole nitrogens is 1. The molecule has 3 aromatic rings. The van der Waals surface area contributed by atoms with Crippen LogP contribution in [0, 0.1) is 17.2 Å². The summed E-state index contributed by atoms with van der Waals surface area (Å²) in [4.78, 5) is 4.08. The zero-order valence-corrected chi connectivity index (χ0v) is 15.8. The molecule has 6 heteroatoms. The van der Waals surface area contributed by atoms with Crippen LogP contribution in [0.2, 0.25) is 0 Å². The Kier molecular flexibility index (Phi) is 4.58. The number of aromatic amines is 1. The van der Waals surface area contributed by atoms with E-state index in [1.807, 2.05) is 12.1 Å². The molecule has 0 radical (unpaired) electrons. The Bertz CT molecular complexity index is 1060. The van der Waals surface area contributed by atoms with E-state index in [2.05, 4.69) is 59.4 Å².